The molecule has 8 nitrogen and oxygen atoms in total. The number of methoxy groups -OCH3 is 2. The molecule has 30 heavy (non-hydrogen) atoms. The van der Waals surface area contributed by atoms with Gasteiger partial charge in [0.1, 0.15) is 23.7 Å². The van der Waals surface area contributed by atoms with Crippen molar-refractivity contribution in [1.82, 2.24) is 0 Å². The van der Waals surface area contributed by atoms with E-state index in [2.05, 4.69) is 0 Å². The van der Waals surface area contributed by atoms with Crippen LogP contribution in [0.3, 0.4) is 0 Å². The fourth-order valence-electron chi connectivity index (χ4n) is 3.50. The minimum atomic E-state index is -0.575. The summed E-state index contributed by atoms with van der Waals surface area (Å²) in [5.41, 5.74) is 0.805. The third-order valence-corrected chi connectivity index (χ3v) is 5.13. The summed E-state index contributed by atoms with van der Waals surface area (Å²) in [5, 5.41) is 0. The van der Waals surface area contributed by atoms with E-state index in [0.717, 1.165) is 0 Å². The zero-order valence-electron chi connectivity index (χ0n) is 16.6. The van der Waals surface area contributed by atoms with E-state index in [1.54, 1.807) is 62.8 Å². The summed E-state index contributed by atoms with van der Waals surface area (Å²) in [5.74, 6) is 0.344. The smallest absolute Gasteiger partial charge is 0.338 e. The van der Waals surface area contributed by atoms with Crippen LogP contribution in [0, 0.1) is 0 Å². The first-order valence-corrected chi connectivity index (χ1v) is 9.52. The lowest BCUT2D eigenvalue weighted by Gasteiger charge is -2.17. The molecule has 4 rings (SSSR count). The van der Waals surface area contributed by atoms with Crippen LogP contribution in [0.4, 0.5) is 0 Å². The molecule has 2 unspecified atom stereocenters. The number of carbonyl (C=O) groups excluding carboxylic acids is 2. The van der Waals surface area contributed by atoms with E-state index in [1.807, 2.05) is 0 Å². The fraction of sp³-hybridized carbons (Fsp3) is 0.364. The zero-order valence-corrected chi connectivity index (χ0v) is 16.6. The second-order valence-electron chi connectivity index (χ2n) is 6.94. The van der Waals surface area contributed by atoms with Gasteiger partial charge in [0.2, 0.25) is 0 Å². The summed E-state index contributed by atoms with van der Waals surface area (Å²) in [6, 6.07) is 13.3. The van der Waals surface area contributed by atoms with Gasteiger partial charge in [-0.3, -0.25) is 0 Å². The Morgan fingerprint density at radius 3 is 1.40 bits per heavy atom. The van der Waals surface area contributed by atoms with Gasteiger partial charge < -0.3 is 28.4 Å². The molecule has 0 bridgehead atoms. The highest BCUT2D eigenvalue weighted by Gasteiger charge is 2.51. The summed E-state index contributed by atoms with van der Waals surface area (Å²) < 4.78 is 32.8. The molecule has 2 aromatic carbocycles. The molecule has 2 aromatic rings. The lowest BCUT2D eigenvalue weighted by molar-refractivity contribution is -0.0287. The molecule has 0 aromatic heterocycles. The molecule has 4 atom stereocenters. The van der Waals surface area contributed by atoms with E-state index in [4.69, 9.17) is 28.4 Å². The van der Waals surface area contributed by atoms with E-state index in [9.17, 15) is 9.59 Å². The second-order valence-corrected chi connectivity index (χ2v) is 6.94. The van der Waals surface area contributed by atoms with Crippen molar-refractivity contribution >= 4 is 11.9 Å². The van der Waals surface area contributed by atoms with Crippen LogP contribution in [0.25, 0.3) is 0 Å². The molecule has 0 N–H and O–H groups in total. The van der Waals surface area contributed by atoms with Gasteiger partial charge in [0, 0.05) is 0 Å². The van der Waals surface area contributed by atoms with Gasteiger partial charge in [-0.15, -0.1) is 0 Å². The monoisotopic (exact) mass is 414 g/mol. The molecule has 2 aliphatic rings. The van der Waals surface area contributed by atoms with Crippen molar-refractivity contribution in [1.29, 1.82) is 0 Å². The molecule has 2 saturated heterocycles. The van der Waals surface area contributed by atoms with Crippen LogP contribution in [-0.2, 0) is 18.9 Å². The molecule has 0 aliphatic carbocycles. The normalized spacial score (nSPS) is 24.7. The lowest BCUT2D eigenvalue weighted by Crippen LogP contribution is -2.36. The highest BCUT2D eigenvalue weighted by atomic mass is 16.7. The maximum Gasteiger partial charge on any atom is 0.338 e. The first-order valence-electron chi connectivity index (χ1n) is 9.52. The van der Waals surface area contributed by atoms with Crippen molar-refractivity contribution in [2.24, 2.45) is 0 Å². The van der Waals surface area contributed by atoms with Crippen LogP contribution in [0.1, 0.15) is 20.7 Å². The van der Waals surface area contributed by atoms with Crippen molar-refractivity contribution in [3.05, 3.63) is 59.7 Å². The number of ether oxygens (including phenoxy) is 6. The Morgan fingerprint density at radius 1 is 0.700 bits per heavy atom. The van der Waals surface area contributed by atoms with E-state index in [0.29, 0.717) is 22.6 Å². The Labute approximate surface area is 173 Å². The summed E-state index contributed by atoms with van der Waals surface area (Å²) >= 11 is 0. The third-order valence-electron chi connectivity index (χ3n) is 5.13. The van der Waals surface area contributed by atoms with Gasteiger partial charge in [0.15, 0.2) is 12.2 Å². The lowest BCUT2D eigenvalue weighted by atomic mass is 10.1. The van der Waals surface area contributed by atoms with Crippen LogP contribution in [-0.4, -0.2) is 63.8 Å². The van der Waals surface area contributed by atoms with E-state index in [-0.39, 0.29) is 13.2 Å². The van der Waals surface area contributed by atoms with E-state index in [1.165, 1.54) is 0 Å². The summed E-state index contributed by atoms with van der Waals surface area (Å²) in [4.78, 5) is 24.8. The van der Waals surface area contributed by atoms with Gasteiger partial charge in [0.05, 0.1) is 38.6 Å². The summed E-state index contributed by atoms with van der Waals surface area (Å²) in [6.45, 7) is 0.349. The quantitative estimate of drug-likeness (QED) is 0.665. The Morgan fingerprint density at radius 2 is 1.07 bits per heavy atom. The Kier molecular flexibility index (Phi) is 5.87. The van der Waals surface area contributed by atoms with Gasteiger partial charge >= 0.3 is 11.9 Å². The first kappa shape index (κ1) is 20.2. The maximum absolute atomic E-state index is 12.4. The molecule has 8 heteroatoms. The Balaban J connectivity index is 1.34. The molecule has 0 saturated carbocycles. The van der Waals surface area contributed by atoms with Crippen molar-refractivity contribution < 1.29 is 38.0 Å². The number of carbonyl (C=O) groups is 2. The van der Waals surface area contributed by atoms with Crippen LogP contribution >= 0.6 is 0 Å². The fourth-order valence-corrected chi connectivity index (χ4v) is 3.50. The molecular weight excluding hydrogens is 392 g/mol. The van der Waals surface area contributed by atoms with E-state index >= 15 is 0 Å². The van der Waals surface area contributed by atoms with Gasteiger partial charge in [-0.25, -0.2) is 9.59 Å². The number of hydrogen-bond donors (Lipinski definition) is 0. The SMILES string of the molecule is COc1ccc(C(=O)OC2CO[C@H]3C(OC(=O)c4ccc(OC)cc4)CO[C@@H]23)cc1. The molecule has 0 radical (unpaired) electrons. The number of fused-ring (bicyclic) bond motifs is 1. The van der Waals surface area contributed by atoms with Crippen molar-refractivity contribution in [2.75, 3.05) is 27.4 Å². The average Bonchev–Trinajstić information content (AvgIpc) is 3.37. The van der Waals surface area contributed by atoms with Gasteiger partial charge in [-0.1, -0.05) is 0 Å². The third kappa shape index (κ3) is 4.10. The first-order chi connectivity index (χ1) is 14.6. The summed E-state index contributed by atoms with van der Waals surface area (Å²) in [7, 11) is 3.11. The number of esters is 2. The topological polar surface area (TPSA) is 89.5 Å². The Bertz CT molecular complexity index is 817. The van der Waals surface area contributed by atoms with Crippen LogP contribution in [0.2, 0.25) is 0 Å². The van der Waals surface area contributed by atoms with Crippen LogP contribution in [0.15, 0.2) is 48.5 Å². The second kappa shape index (κ2) is 8.73. The average molecular weight is 414 g/mol. The molecule has 158 valence electrons. The zero-order chi connectivity index (χ0) is 21.1. The van der Waals surface area contributed by atoms with Crippen LogP contribution < -0.4 is 9.47 Å². The molecule has 2 heterocycles. The number of benzene rings is 2. The molecule has 0 spiro atoms. The predicted octanol–water partition coefficient (Wildman–Crippen LogP) is 2.25. The number of hydrogen-bond acceptors (Lipinski definition) is 8. The summed E-state index contributed by atoms with van der Waals surface area (Å²) in [6.07, 6.45) is -2.12. The minimum Gasteiger partial charge on any atom is -0.497 e. The van der Waals surface area contributed by atoms with Crippen molar-refractivity contribution in [3.8, 4) is 11.5 Å². The van der Waals surface area contributed by atoms with Crippen LogP contribution in [0.5, 0.6) is 11.5 Å². The molecule has 2 fully saturated rings. The predicted molar refractivity (Wildman–Crippen MR) is 104 cm³/mol. The highest BCUT2D eigenvalue weighted by Crippen LogP contribution is 2.31. The van der Waals surface area contributed by atoms with E-state index < -0.39 is 36.4 Å². The largest absolute Gasteiger partial charge is 0.497 e. The highest BCUT2D eigenvalue weighted by molar-refractivity contribution is 5.90. The minimum absolute atomic E-state index is 0.174. The number of rotatable bonds is 6. The van der Waals surface area contributed by atoms with Crippen molar-refractivity contribution in [2.45, 2.75) is 24.4 Å². The molecule has 0 amide bonds. The molecular formula is C22H22O8. The standard InChI is InChI=1S/C22H22O8/c1-25-15-7-3-13(4-8-15)21(23)29-17-11-27-20-18(12-28-19(17)20)30-22(24)14-5-9-16(26-2)10-6-14/h3-10,17-20H,11-12H2,1-2H3/t17?,18?,19-,20-/m0/s1. The Hall–Kier alpha value is -3.10. The maximum atomic E-state index is 12.4. The van der Waals surface area contributed by atoms with Gasteiger partial charge in [-0.2, -0.15) is 0 Å². The van der Waals surface area contributed by atoms with Crippen molar-refractivity contribution in [3.63, 3.8) is 0 Å². The van der Waals surface area contributed by atoms with Gasteiger partial charge in [0.25, 0.3) is 0 Å². The molecule has 2 aliphatic heterocycles. The van der Waals surface area contributed by atoms with Gasteiger partial charge in [-0.05, 0) is 48.5 Å².